The lowest BCUT2D eigenvalue weighted by atomic mass is 9.55. The van der Waals surface area contributed by atoms with Crippen LogP contribution in [0, 0.1) is 48.7 Å². The van der Waals surface area contributed by atoms with E-state index in [9.17, 15) is 15.3 Å². The van der Waals surface area contributed by atoms with Crippen molar-refractivity contribution < 1.29 is 33.5 Å². The standard InChI is InChI=1S/C39H75O7P/c1-28(2,3)37(29(4,5)6,34(25-40)19-20-34)44-47(43,45-38(30(7,8)9,31(10,11)12)35(26-41)21-22-35)46-39(32(13,14)15,33(16,17)18)36(27-42)23-24-36/h40-42H,19-27H2,1-18H3. The molecule has 3 fully saturated rings. The van der Waals surface area contributed by atoms with Crippen molar-refractivity contribution in [1.29, 1.82) is 0 Å². The molecule has 0 radical (unpaired) electrons. The zero-order valence-corrected chi connectivity index (χ0v) is 34.7. The molecule has 3 N–H and O–H groups in total. The monoisotopic (exact) mass is 687 g/mol. The Bertz CT molecular complexity index is 991. The first-order valence-corrected chi connectivity index (χ1v) is 19.7. The van der Waals surface area contributed by atoms with Gasteiger partial charge in [0.05, 0.1) is 36.6 Å². The minimum Gasteiger partial charge on any atom is -0.396 e. The second-order valence-corrected chi connectivity index (χ2v) is 23.5. The molecule has 0 heterocycles. The van der Waals surface area contributed by atoms with Gasteiger partial charge in [0.25, 0.3) is 0 Å². The fraction of sp³-hybridized carbons (Fsp3) is 1.00. The van der Waals surface area contributed by atoms with Crippen molar-refractivity contribution in [3.63, 3.8) is 0 Å². The Labute approximate surface area is 289 Å². The van der Waals surface area contributed by atoms with E-state index in [0.717, 1.165) is 38.5 Å². The van der Waals surface area contributed by atoms with E-state index in [1.54, 1.807) is 0 Å². The molecule has 278 valence electrons. The second-order valence-electron chi connectivity index (χ2n) is 22.1. The minimum absolute atomic E-state index is 0.115. The van der Waals surface area contributed by atoms with Gasteiger partial charge in [-0.05, 0) is 71.0 Å². The quantitative estimate of drug-likeness (QED) is 0.176. The molecule has 0 saturated heterocycles. The first-order chi connectivity index (χ1) is 20.7. The molecule has 0 aromatic carbocycles. The lowest BCUT2D eigenvalue weighted by Crippen LogP contribution is -2.66. The summed E-state index contributed by atoms with van der Waals surface area (Å²) in [7, 11) is -4.70. The van der Waals surface area contributed by atoms with Crippen molar-refractivity contribution in [1.82, 2.24) is 0 Å². The van der Waals surface area contributed by atoms with Gasteiger partial charge in [0.2, 0.25) is 0 Å². The molecule has 0 aromatic rings. The highest BCUT2D eigenvalue weighted by Gasteiger charge is 2.78. The molecule has 0 aromatic heterocycles. The number of aliphatic hydroxyl groups excluding tert-OH is 3. The molecule has 3 saturated carbocycles. The summed E-state index contributed by atoms with van der Waals surface area (Å²) in [6.45, 7) is 37.5. The van der Waals surface area contributed by atoms with Crippen LogP contribution in [-0.4, -0.2) is 51.9 Å². The third-order valence-electron chi connectivity index (χ3n) is 12.8. The molecular formula is C39H75O7P. The van der Waals surface area contributed by atoms with E-state index in [1.807, 2.05) is 0 Å². The smallest absolute Gasteiger partial charge is 0.396 e. The molecule has 3 aliphatic rings. The van der Waals surface area contributed by atoms with E-state index in [2.05, 4.69) is 125 Å². The number of aliphatic hydroxyl groups is 3. The van der Waals surface area contributed by atoms with Gasteiger partial charge in [0.15, 0.2) is 0 Å². The predicted molar refractivity (Wildman–Crippen MR) is 192 cm³/mol. The SMILES string of the molecule is CC(C)(C)C(OP(=O)(OC(C(C)(C)C)(C(C)(C)C)C1(CO)CC1)OC(C(C)(C)C)(C(C)(C)C)C1(CO)CC1)(C(C)(C)C)C1(CO)CC1. The molecule has 0 aliphatic heterocycles. The fourth-order valence-electron chi connectivity index (χ4n) is 12.1. The summed E-state index contributed by atoms with van der Waals surface area (Å²) in [6, 6.07) is 0. The summed E-state index contributed by atoms with van der Waals surface area (Å²) >= 11 is 0. The van der Waals surface area contributed by atoms with E-state index >= 15 is 4.57 Å². The van der Waals surface area contributed by atoms with E-state index in [-0.39, 0.29) is 19.8 Å². The van der Waals surface area contributed by atoms with Gasteiger partial charge in [-0.15, -0.1) is 0 Å². The van der Waals surface area contributed by atoms with Crippen molar-refractivity contribution >= 4 is 7.82 Å². The van der Waals surface area contributed by atoms with Gasteiger partial charge in [0.1, 0.15) is 0 Å². The number of rotatable bonds is 12. The van der Waals surface area contributed by atoms with Crippen LogP contribution in [0.15, 0.2) is 0 Å². The zero-order chi connectivity index (χ0) is 37.0. The maximum absolute atomic E-state index is 16.8. The summed E-state index contributed by atoms with van der Waals surface area (Å²) in [5.74, 6) is 0. The molecule has 0 atom stereocenters. The Hall–Kier alpha value is -0.0100. The fourth-order valence-corrected chi connectivity index (χ4v) is 15.5. The summed E-state index contributed by atoms with van der Waals surface area (Å²) < 4.78 is 39.3. The molecule has 0 amide bonds. The predicted octanol–water partition coefficient (Wildman–Crippen LogP) is 9.95. The molecule has 7 nitrogen and oxygen atoms in total. The van der Waals surface area contributed by atoms with E-state index in [4.69, 9.17) is 13.6 Å². The molecule has 3 rings (SSSR count). The lowest BCUT2D eigenvalue weighted by Gasteiger charge is -2.63. The van der Waals surface area contributed by atoms with Crippen LogP contribution in [-0.2, 0) is 18.1 Å². The van der Waals surface area contributed by atoms with Gasteiger partial charge in [-0.3, -0.25) is 13.6 Å². The van der Waals surface area contributed by atoms with Gasteiger partial charge in [-0.25, -0.2) is 4.57 Å². The Balaban J connectivity index is 2.56. The van der Waals surface area contributed by atoms with Crippen molar-refractivity contribution in [2.45, 2.75) is 180 Å². The normalized spacial score (nSPS) is 22.3. The Morgan fingerprint density at radius 3 is 0.638 bits per heavy atom. The first-order valence-electron chi connectivity index (χ1n) is 18.2. The number of phosphoric acid groups is 1. The third-order valence-corrected chi connectivity index (χ3v) is 14.3. The lowest BCUT2D eigenvalue weighted by molar-refractivity contribution is -0.250. The highest BCUT2D eigenvalue weighted by molar-refractivity contribution is 7.48. The van der Waals surface area contributed by atoms with Crippen molar-refractivity contribution in [3.8, 4) is 0 Å². The maximum Gasteiger partial charge on any atom is 0.476 e. The highest BCUT2D eigenvalue weighted by Crippen LogP contribution is 2.80. The van der Waals surface area contributed by atoms with Crippen LogP contribution in [0.25, 0.3) is 0 Å². The topological polar surface area (TPSA) is 105 Å². The minimum atomic E-state index is -4.70. The van der Waals surface area contributed by atoms with Crippen LogP contribution in [0.3, 0.4) is 0 Å². The van der Waals surface area contributed by atoms with E-state index in [0.29, 0.717) is 0 Å². The van der Waals surface area contributed by atoms with Crippen LogP contribution < -0.4 is 0 Å². The first kappa shape index (κ1) is 41.4. The number of phosphoric ester groups is 1. The van der Waals surface area contributed by atoms with Crippen LogP contribution in [0.1, 0.15) is 163 Å². The van der Waals surface area contributed by atoms with Gasteiger partial charge in [-0.2, -0.15) is 0 Å². The Morgan fingerprint density at radius 2 is 0.553 bits per heavy atom. The molecule has 0 bridgehead atoms. The largest absolute Gasteiger partial charge is 0.476 e. The molecule has 0 unspecified atom stereocenters. The highest BCUT2D eigenvalue weighted by atomic mass is 31.2. The van der Waals surface area contributed by atoms with Crippen molar-refractivity contribution in [2.75, 3.05) is 19.8 Å². The molecule has 8 heteroatoms. The summed E-state index contributed by atoms with van der Waals surface area (Å²) in [5, 5.41) is 33.4. The van der Waals surface area contributed by atoms with Crippen LogP contribution in [0.5, 0.6) is 0 Å². The summed E-state index contributed by atoms with van der Waals surface area (Å²) in [6.07, 6.45) is 4.37. The molecule has 3 aliphatic carbocycles. The second kappa shape index (κ2) is 11.5. The van der Waals surface area contributed by atoms with Gasteiger partial charge in [-0.1, -0.05) is 125 Å². The maximum atomic E-state index is 16.8. The third kappa shape index (κ3) is 5.88. The van der Waals surface area contributed by atoms with Gasteiger partial charge >= 0.3 is 7.82 Å². The molecule has 0 spiro atoms. The van der Waals surface area contributed by atoms with Crippen LogP contribution >= 0.6 is 7.82 Å². The Morgan fingerprint density at radius 1 is 0.404 bits per heavy atom. The van der Waals surface area contributed by atoms with E-state index in [1.165, 1.54) is 0 Å². The average Bonchev–Trinajstić information content (AvgIpc) is 3.74. The van der Waals surface area contributed by atoms with Crippen LogP contribution in [0.2, 0.25) is 0 Å². The summed E-state index contributed by atoms with van der Waals surface area (Å²) in [5.41, 5.74) is -9.04. The number of hydrogen-bond donors (Lipinski definition) is 3. The zero-order valence-electron chi connectivity index (χ0n) is 33.8. The average molecular weight is 687 g/mol. The van der Waals surface area contributed by atoms with Crippen LogP contribution in [0.4, 0.5) is 0 Å². The van der Waals surface area contributed by atoms with Gasteiger partial charge in [0, 0.05) is 16.2 Å². The molecular weight excluding hydrogens is 611 g/mol. The molecule has 47 heavy (non-hydrogen) atoms. The van der Waals surface area contributed by atoms with Gasteiger partial charge < -0.3 is 15.3 Å². The van der Waals surface area contributed by atoms with E-state index < -0.39 is 73.4 Å². The summed E-state index contributed by atoms with van der Waals surface area (Å²) in [4.78, 5) is 0. The number of hydrogen-bond acceptors (Lipinski definition) is 7. The van der Waals surface area contributed by atoms with Crippen molar-refractivity contribution in [2.24, 2.45) is 48.7 Å². The Kier molecular flexibility index (Phi) is 10.1. The van der Waals surface area contributed by atoms with Crippen molar-refractivity contribution in [3.05, 3.63) is 0 Å².